The summed E-state index contributed by atoms with van der Waals surface area (Å²) in [4.78, 5) is 30.2. The molecule has 0 fully saturated rings. The molecule has 2 heterocycles. The monoisotopic (exact) mass is 460 g/mol. The van der Waals surface area contributed by atoms with Crippen LogP contribution in [0.1, 0.15) is 21.7 Å². The highest BCUT2D eigenvalue weighted by atomic mass is 32.2. The van der Waals surface area contributed by atoms with Crippen LogP contribution in [0.5, 0.6) is 0 Å². The minimum Gasteiger partial charge on any atom is -0.267 e. The Morgan fingerprint density at radius 1 is 1.00 bits per heavy atom. The lowest BCUT2D eigenvalue weighted by Gasteiger charge is -2.20. The molecule has 0 saturated carbocycles. The van der Waals surface area contributed by atoms with Crippen molar-refractivity contribution in [3.05, 3.63) is 100 Å². The van der Waals surface area contributed by atoms with Crippen LogP contribution in [0.25, 0.3) is 10.9 Å². The van der Waals surface area contributed by atoms with Crippen molar-refractivity contribution in [3.8, 4) is 0 Å². The zero-order valence-electron chi connectivity index (χ0n) is 17.7. The summed E-state index contributed by atoms with van der Waals surface area (Å²) in [5.74, 6) is -0.305. The molecule has 33 heavy (non-hydrogen) atoms. The number of aromatic nitrogens is 2. The quantitative estimate of drug-likeness (QED) is 0.505. The number of benzene rings is 3. The smallest absolute Gasteiger partial charge is 0.267 e. The van der Waals surface area contributed by atoms with Crippen LogP contribution in [0.15, 0.2) is 82.5 Å². The van der Waals surface area contributed by atoms with E-state index >= 15 is 0 Å². The number of hydrogen-bond donors (Lipinski definition) is 1. The molecule has 8 nitrogen and oxygen atoms in total. The Kier molecular flexibility index (Phi) is 4.98. The Balaban J connectivity index is 1.47. The second-order valence-electron chi connectivity index (χ2n) is 7.74. The Hall–Kier alpha value is -3.98. The van der Waals surface area contributed by atoms with Crippen molar-refractivity contribution >= 4 is 32.5 Å². The number of para-hydroxylation sites is 2. The van der Waals surface area contributed by atoms with Gasteiger partial charge in [0.1, 0.15) is 5.82 Å². The first-order valence-electron chi connectivity index (χ1n) is 10.4. The van der Waals surface area contributed by atoms with E-state index in [1.165, 1.54) is 28.6 Å². The molecule has 0 bridgehead atoms. The van der Waals surface area contributed by atoms with Gasteiger partial charge in [0, 0.05) is 12.1 Å². The Labute approximate surface area is 190 Å². The predicted octanol–water partition coefficient (Wildman–Crippen LogP) is 2.84. The minimum absolute atomic E-state index is 0.00700. The van der Waals surface area contributed by atoms with E-state index in [1.807, 2.05) is 12.1 Å². The fourth-order valence-electron chi connectivity index (χ4n) is 4.02. The number of nitrogens with one attached hydrogen (secondary N) is 1. The second-order valence-corrected chi connectivity index (χ2v) is 9.60. The van der Waals surface area contributed by atoms with Crippen molar-refractivity contribution in [2.24, 2.45) is 0 Å². The first-order chi connectivity index (χ1) is 15.9. The van der Waals surface area contributed by atoms with Crippen molar-refractivity contribution in [2.75, 3.05) is 16.3 Å². The first kappa shape index (κ1) is 20.9. The number of aryl methyl sites for hydroxylation is 1. The number of carbonyl (C=O) groups is 1. The predicted molar refractivity (Wildman–Crippen MR) is 126 cm³/mol. The molecular weight excluding hydrogens is 440 g/mol. The molecule has 1 aromatic heterocycles. The van der Waals surface area contributed by atoms with Crippen LogP contribution in [-0.2, 0) is 16.4 Å². The number of sulfonamides is 1. The maximum atomic E-state index is 13.3. The Morgan fingerprint density at radius 2 is 1.76 bits per heavy atom. The van der Waals surface area contributed by atoms with Crippen LogP contribution >= 0.6 is 0 Å². The van der Waals surface area contributed by atoms with E-state index in [0.29, 0.717) is 35.4 Å². The third kappa shape index (κ3) is 3.56. The van der Waals surface area contributed by atoms with E-state index in [2.05, 4.69) is 10.4 Å². The summed E-state index contributed by atoms with van der Waals surface area (Å²) in [7, 11) is -3.85. The number of anilines is 1. The molecule has 5 rings (SSSR count). The van der Waals surface area contributed by atoms with E-state index in [4.69, 9.17) is 0 Å². The van der Waals surface area contributed by atoms with Crippen LogP contribution in [0, 0.1) is 6.92 Å². The molecular formula is C24H20N4O4S. The maximum Gasteiger partial charge on any atom is 0.280 e. The number of rotatable bonds is 4. The van der Waals surface area contributed by atoms with Gasteiger partial charge in [-0.1, -0.05) is 36.4 Å². The Bertz CT molecular complexity index is 1580. The lowest BCUT2D eigenvalue weighted by molar-refractivity contribution is 0.101. The Morgan fingerprint density at radius 3 is 2.61 bits per heavy atom. The fourth-order valence-corrected chi connectivity index (χ4v) is 5.57. The molecule has 9 heteroatoms. The van der Waals surface area contributed by atoms with E-state index < -0.39 is 21.5 Å². The van der Waals surface area contributed by atoms with Crippen molar-refractivity contribution in [1.82, 2.24) is 9.66 Å². The number of carbonyl (C=O) groups excluding carboxylic acids is 1. The minimum atomic E-state index is -3.85. The summed E-state index contributed by atoms with van der Waals surface area (Å²) in [5, 5.41) is 0.368. The molecule has 1 N–H and O–H groups in total. The van der Waals surface area contributed by atoms with Gasteiger partial charge >= 0.3 is 0 Å². The summed E-state index contributed by atoms with van der Waals surface area (Å²) in [6.45, 7) is 1.95. The van der Waals surface area contributed by atoms with Gasteiger partial charge in [-0.05, 0) is 55.3 Å². The normalized spacial score (nSPS) is 13.2. The molecule has 1 aliphatic rings. The molecule has 3 aromatic carbocycles. The van der Waals surface area contributed by atoms with E-state index in [1.54, 1.807) is 43.3 Å². The molecule has 166 valence electrons. The van der Waals surface area contributed by atoms with Gasteiger partial charge in [-0.2, -0.15) is 0 Å². The lowest BCUT2D eigenvalue weighted by Crippen LogP contribution is -2.35. The molecule has 0 aliphatic carbocycles. The van der Waals surface area contributed by atoms with Crippen LogP contribution in [-0.4, -0.2) is 30.5 Å². The van der Waals surface area contributed by atoms with Crippen LogP contribution in [0.2, 0.25) is 0 Å². The summed E-state index contributed by atoms with van der Waals surface area (Å²) in [6.07, 6.45) is 0.632. The van der Waals surface area contributed by atoms with Crippen molar-refractivity contribution in [1.29, 1.82) is 0 Å². The number of hydrogen-bond acceptors (Lipinski definition) is 5. The molecule has 0 spiro atoms. The topological polar surface area (TPSA) is 101 Å². The molecule has 0 radical (unpaired) electrons. The van der Waals surface area contributed by atoms with Gasteiger partial charge in [0.15, 0.2) is 0 Å². The average molecular weight is 461 g/mol. The van der Waals surface area contributed by atoms with Gasteiger partial charge in [0.05, 0.1) is 21.5 Å². The molecule has 4 aromatic rings. The highest BCUT2D eigenvalue weighted by Gasteiger charge is 2.31. The summed E-state index contributed by atoms with van der Waals surface area (Å²) >= 11 is 0. The third-order valence-corrected chi connectivity index (χ3v) is 7.49. The highest BCUT2D eigenvalue weighted by molar-refractivity contribution is 7.92. The van der Waals surface area contributed by atoms with E-state index in [9.17, 15) is 18.0 Å². The van der Waals surface area contributed by atoms with Gasteiger partial charge in [-0.15, -0.1) is 0 Å². The largest absolute Gasteiger partial charge is 0.280 e. The highest BCUT2D eigenvalue weighted by Crippen LogP contribution is 2.32. The van der Waals surface area contributed by atoms with Gasteiger partial charge in [-0.3, -0.25) is 19.3 Å². The SMILES string of the molecule is Cc1nc2ccccc2c(=O)n1NC(=O)c1cccc(S(=O)(=O)N2CCc3ccccc32)c1. The lowest BCUT2D eigenvalue weighted by atomic mass is 10.2. The molecule has 0 atom stereocenters. The second kappa shape index (κ2) is 7.86. The van der Waals surface area contributed by atoms with Crippen LogP contribution < -0.4 is 15.3 Å². The van der Waals surface area contributed by atoms with Crippen molar-refractivity contribution in [2.45, 2.75) is 18.2 Å². The molecule has 1 aliphatic heterocycles. The first-order valence-corrected chi connectivity index (χ1v) is 11.8. The number of nitrogens with zero attached hydrogens (tertiary/aromatic N) is 3. The van der Waals surface area contributed by atoms with E-state index in [0.717, 1.165) is 10.2 Å². The van der Waals surface area contributed by atoms with E-state index in [-0.39, 0.29) is 10.5 Å². The standard InChI is InChI=1S/C24H20N4O4S/c1-16-25-21-11-4-3-10-20(21)24(30)28(16)26-23(29)18-8-6-9-19(15-18)33(31,32)27-14-13-17-7-2-5-12-22(17)27/h2-12,15H,13-14H2,1H3,(H,26,29). The maximum absolute atomic E-state index is 13.3. The summed E-state index contributed by atoms with van der Waals surface area (Å²) in [6, 6.07) is 20.0. The molecule has 0 saturated heterocycles. The fraction of sp³-hybridized carbons (Fsp3) is 0.125. The van der Waals surface area contributed by atoms with Crippen molar-refractivity contribution < 1.29 is 13.2 Å². The molecule has 0 unspecified atom stereocenters. The zero-order valence-corrected chi connectivity index (χ0v) is 18.5. The van der Waals surface area contributed by atoms with Gasteiger partial charge in [0.25, 0.3) is 21.5 Å². The number of fused-ring (bicyclic) bond motifs is 2. The number of amides is 1. The van der Waals surface area contributed by atoms with Crippen LogP contribution in [0.3, 0.4) is 0 Å². The molecule has 1 amide bonds. The van der Waals surface area contributed by atoms with Gasteiger partial charge in [-0.25, -0.2) is 18.1 Å². The van der Waals surface area contributed by atoms with Gasteiger partial charge in [0.2, 0.25) is 0 Å². The van der Waals surface area contributed by atoms with Crippen LogP contribution in [0.4, 0.5) is 5.69 Å². The summed E-state index contributed by atoms with van der Waals surface area (Å²) < 4.78 is 29.1. The summed E-state index contributed by atoms with van der Waals surface area (Å²) in [5.41, 5.74) is 4.39. The van der Waals surface area contributed by atoms with Gasteiger partial charge < -0.3 is 0 Å². The zero-order chi connectivity index (χ0) is 23.2. The van der Waals surface area contributed by atoms with Crippen molar-refractivity contribution in [3.63, 3.8) is 0 Å². The third-order valence-electron chi connectivity index (χ3n) is 5.69. The average Bonchev–Trinajstić information content (AvgIpc) is 3.27.